The van der Waals surface area contributed by atoms with Crippen molar-refractivity contribution >= 4 is 34.4 Å². The number of amides is 1. The van der Waals surface area contributed by atoms with Gasteiger partial charge in [0.25, 0.3) is 0 Å². The molecule has 1 aromatic carbocycles. The molecule has 1 aromatic rings. The molecule has 0 heterocycles. The van der Waals surface area contributed by atoms with E-state index in [2.05, 4.69) is 0 Å². The van der Waals surface area contributed by atoms with Crippen LogP contribution in [0.15, 0.2) is 24.3 Å². The molecular weight excluding hydrogens is 213 g/mol. The molecule has 0 bridgehead atoms. The molecule has 0 aliphatic heterocycles. The zero-order chi connectivity index (χ0) is 9.84. The van der Waals surface area contributed by atoms with Crippen molar-refractivity contribution in [2.45, 2.75) is 0 Å². The quantitative estimate of drug-likeness (QED) is 0.435. The number of carbonyl (C=O) groups excluding carboxylic acids is 1. The number of rotatable bonds is 2. The van der Waals surface area contributed by atoms with E-state index in [1.165, 1.54) is 7.11 Å². The van der Waals surface area contributed by atoms with Crippen LogP contribution in [0.25, 0.3) is 0 Å². The maximum atomic E-state index is 10.7. The van der Waals surface area contributed by atoms with Crippen molar-refractivity contribution in [3.8, 4) is 5.75 Å². The van der Waals surface area contributed by atoms with E-state index in [9.17, 15) is 4.79 Å². The molecule has 3 nitrogen and oxygen atoms in total. The van der Waals surface area contributed by atoms with Crippen molar-refractivity contribution in [2.75, 3.05) is 11.5 Å². The summed E-state index contributed by atoms with van der Waals surface area (Å²) in [6, 6.07) is 6.71. The number of hydrogen-bond acceptors (Lipinski definition) is 2. The molecule has 13 heavy (non-hydrogen) atoms. The van der Waals surface area contributed by atoms with Gasteiger partial charge in [-0.05, 0) is 23.7 Å². The van der Waals surface area contributed by atoms with Gasteiger partial charge in [-0.1, -0.05) is 6.07 Å². The second kappa shape index (κ2) is 4.35. The Morgan fingerprint density at radius 3 is 2.77 bits per heavy atom. The molecular formula is C8H7Cl2NO2. The molecule has 0 aliphatic rings. The number of ether oxygens (including phenoxy) is 1. The normalized spacial score (nSPS) is 9.46. The Morgan fingerprint density at radius 2 is 2.23 bits per heavy atom. The fraction of sp³-hybridized carbons (Fsp3) is 0.125. The van der Waals surface area contributed by atoms with Crippen LogP contribution in [0.3, 0.4) is 0 Å². The van der Waals surface area contributed by atoms with Gasteiger partial charge in [0.1, 0.15) is 5.75 Å². The van der Waals surface area contributed by atoms with Gasteiger partial charge in [-0.25, -0.2) is 4.42 Å². The molecule has 70 valence electrons. The zero-order valence-electron chi connectivity index (χ0n) is 6.83. The van der Waals surface area contributed by atoms with Crippen molar-refractivity contribution in [1.82, 2.24) is 0 Å². The minimum atomic E-state index is -0.755. The van der Waals surface area contributed by atoms with Crippen molar-refractivity contribution in [2.24, 2.45) is 0 Å². The van der Waals surface area contributed by atoms with E-state index in [-0.39, 0.29) is 0 Å². The van der Waals surface area contributed by atoms with Crippen LogP contribution in [0.5, 0.6) is 5.75 Å². The second-order valence-corrected chi connectivity index (χ2v) is 2.90. The van der Waals surface area contributed by atoms with Crippen LogP contribution in [-0.4, -0.2) is 12.5 Å². The van der Waals surface area contributed by atoms with Crippen LogP contribution in [0.2, 0.25) is 0 Å². The predicted molar refractivity (Wildman–Crippen MR) is 52.6 cm³/mol. The van der Waals surface area contributed by atoms with Gasteiger partial charge in [0.05, 0.1) is 12.8 Å². The first-order valence-electron chi connectivity index (χ1n) is 3.44. The number of halogens is 2. The van der Waals surface area contributed by atoms with E-state index in [0.29, 0.717) is 11.4 Å². The lowest BCUT2D eigenvalue weighted by molar-refractivity contribution is 0.267. The molecule has 0 unspecified atom stereocenters. The summed E-state index contributed by atoms with van der Waals surface area (Å²) >= 11 is 10.7. The van der Waals surface area contributed by atoms with Crippen LogP contribution >= 0.6 is 23.4 Å². The van der Waals surface area contributed by atoms with Gasteiger partial charge in [0.15, 0.2) is 0 Å². The Bertz CT molecular complexity index is 317. The molecule has 0 aromatic heterocycles. The lowest BCUT2D eigenvalue weighted by atomic mass is 10.3. The van der Waals surface area contributed by atoms with Crippen molar-refractivity contribution < 1.29 is 9.53 Å². The molecule has 0 N–H and O–H groups in total. The maximum Gasteiger partial charge on any atom is 0.335 e. The van der Waals surface area contributed by atoms with Gasteiger partial charge in [0.2, 0.25) is 0 Å². The van der Waals surface area contributed by atoms with Gasteiger partial charge in [-0.3, -0.25) is 4.79 Å². The fourth-order valence-corrected chi connectivity index (χ4v) is 1.04. The van der Waals surface area contributed by atoms with Gasteiger partial charge in [0, 0.05) is 17.8 Å². The Labute approximate surface area is 85.9 Å². The molecule has 0 atom stereocenters. The highest BCUT2D eigenvalue weighted by Gasteiger charge is 2.10. The molecule has 1 amide bonds. The molecule has 0 saturated heterocycles. The summed E-state index contributed by atoms with van der Waals surface area (Å²) in [5.41, 5.74) is 0.473. The summed E-state index contributed by atoms with van der Waals surface area (Å²) in [7, 11) is 1.53. The first-order chi connectivity index (χ1) is 6.15. The van der Waals surface area contributed by atoms with Crippen molar-refractivity contribution in [1.29, 1.82) is 0 Å². The third-order valence-electron chi connectivity index (χ3n) is 1.43. The number of carbonyl (C=O) groups is 1. The van der Waals surface area contributed by atoms with E-state index in [4.69, 9.17) is 28.1 Å². The Morgan fingerprint density at radius 1 is 1.54 bits per heavy atom. The maximum absolute atomic E-state index is 10.7. The molecule has 0 radical (unpaired) electrons. The molecule has 0 spiro atoms. The fourth-order valence-electron chi connectivity index (χ4n) is 0.834. The van der Waals surface area contributed by atoms with Gasteiger partial charge < -0.3 is 4.74 Å². The molecule has 1 rings (SSSR count). The largest absolute Gasteiger partial charge is 0.497 e. The Kier molecular flexibility index (Phi) is 3.39. The second-order valence-electron chi connectivity index (χ2n) is 2.24. The van der Waals surface area contributed by atoms with E-state index in [1.807, 2.05) is 0 Å². The third kappa shape index (κ3) is 2.50. The van der Waals surface area contributed by atoms with Crippen LogP contribution in [0.1, 0.15) is 0 Å². The minimum Gasteiger partial charge on any atom is -0.497 e. The number of hydrogen-bond donors (Lipinski definition) is 0. The summed E-state index contributed by atoms with van der Waals surface area (Å²) in [5.74, 6) is 0.612. The number of nitrogens with zero attached hydrogens (tertiary/aromatic N) is 1. The molecule has 5 heteroatoms. The average molecular weight is 220 g/mol. The highest BCUT2D eigenvalue weighted by Crippen LogP contribution is 2.23. The topological polar surface area (TPSA) is 29.5 Å². The number of anilines is 1. The lowest BCUT2D eigenvalue weighted by Gasteiger charge is -2.10. The van der Waals surface area contributed by atoms with Crippen LogP contribution in [-0.2, 0) is 0 Å². The standard InChI is InChI=1S/C8H7Cl2NO2/c1-13-7-4-2-3-6(5-7)11(10)8(9)12/h2-5H,1H3. The molecule has 0 aliphatic carbocycles. The van der Waals surface area contributed by atoms with E-state index >= 15 is 0 Å². The van der Waals surface area contributed by atoms with Crippen LogP contribution in [0, 0.1) is 0 Å². The smallest absolute Gasteiger partial charge is 0.335 e. The third-order valence-corrected chi connectivity index (χ3v) is 2.04. The lowest BCUT2D eigenvalue weighted by Crippen LogP contribution is -2.12. The van der Waals surface area contributed by atoms with Gasteiger partial charge in [-0.2, -0.15) is 0 Å². The summed E-state index contributed by atoms with van der Waals surface area (Å²) in [5, 5.41) is -0.755. The van der Waals surface area contributed by atoms with Gasteiger partial charge >= 0.3 is 5.37 Å². The monoisotopic (exact) mass is 219 g/mol. The van der Waals surface area contributed by atoms with E-state index in [1.54, 1.807) is 24.3 Å². The highest BCUT2D eigenvalue weighted by atomic mass is 35.5. The predicted octanol–water partition coefficient (Wildman–Crippen LogP) is 3.01. The highest BCUT2D eigenvalue weighted by molar-refractivity contribution is 6.71. The summed E-state index contributed by atoms with van der Waals surface area (Å²) in [6.45, 7) is 0. The molecule has 0 saturated carbocycles. The van der Waals surface area contributed by atoms with Crippen molar-refractivity contribution in [3.63, 3.8) is 0 Å². The van der Waals surface area contributed by atoms with Crippen molar-refractivity contribution in [3.05, 3.63) is 24.3 Å². The number of methoxy groups -OCH3 is 1. The zero-order valence-corrected chi connectivity index (χ0v) is 8.34. The summed E-state index contributed by atoms with van der Waals surface area (Å²) in [4.78, 5) is 10.7. The first-order valence-corrected chi connectivity index (χ1v) is 4.16. The number of benzene rings is 1. The average Bonchev–Trinajstić information content (AvgIpc) is 2.16. The first kappa shape index (κ1) is 10.2. The minimum absolute atomic E-state index is 0.473. The molecule has 0 fully saturated rings. The Hall–Kier alpha value is -0.930. The summed E-state index contributed by atoms with van der Waals surface area (Å²) in [6.07, 6.45) is 0. The Balaban J connectivity index is 2.94. The van der Waals surface area contributed by atoms with Gasteiger partial charge in [-0.15, -0.1) is 0 Å². The van der Waals surface area contributed by atoms with Crippen LogP contribution < -0.4 is 9.16 Å². The summed E-state index contributed by atoms with van der Waals surface area (Å²) < 4.78 is 5.75. The van der Waals surface area contributed by atoms with E-state index in [0.717, 1.165) is 4.42 Å². The van der Waals surface area contributed by atoms with E-state index < -0.39 is 5.37 Å². The van der Waals surface area contributed by atoms with Crippen LogP contribution in [0.4, 0.5) is 10.5 Å². The SMILES string of the molecule is COc1cccc(N(Cl)C(=O)Cl)c1.